The Morgan fingerprint density at radius 2 is 1.96 bits per heavy atom. The first-order valence-electron chi connectivity index (χ1n) is 6.77. The third-order valence-electron chi connectivity index (χ3n) is 3.51. The van der Waals surface area contributed by atoms with Crippen LogP contribution in [0.3, 0.4) is 0 Å². The highest BCUT2D eigenvalue weighted by molar-refractivity contribution is 7.89. The number of nitrogens with one attached hydrogen (secondary N) is 2. The second-order valence-corrected chi connectivity index (χ2v) is 7.31. The van der Waals surface area contributed by atoms with Crippen LogP contribution in [0.1, 0.15) is 11.1 Å². The van der Waals surface area contributed by atoms with Gasteiger partial charge in [0, 0.05) is 21.8 Å². The summed E-state index contributed by atoms with van der Waals surface area (Å²) in [6.45, 7) is 0. The summed E-state index contributed by atoms with van der Waals surface area (Å²) in [6.07, 6.45) is 1.68. The Bertz CT molecular complexity index is 936. The van der Waals surface area contributed by atoms with Crippen molar-refractivity contribution in [1.29, 1.82) is 0 Å². The summed E-state index contributed by atoms with van der Waals surface area (Å²) in [5.41, 5.74) is 2.29. The van der Waals surface area contributed by atoms with Gasteiger partial charge in [0.1, 0.15) is 0 Å². The van der Waals surface area contributed by atoms with Gasteiger partial charge in [-0.15, -0.1) is 0 Å². The van der Waals surface area contributed by atoms with Crippen molar-refractivity contribution >= 4 is 44.9 Å². The van der Waals surface area contributed by atoms with Crippen molar-refractivity contribution in [2.45, 2.75) is 4.90 Å². The fourth-order valence-electron chi connectivity index (χ4n) is 2.36. The average Bonchev–Trinajstić information content (AvgIpc) is 2.83. The zero-order valence-electron chi connectivity index (χ0n) is 12.1. The molecule has 118 valence electrons. The van der Waals surface area contributed by atoms with Crippen molar-refractivity contribution < 1.29 is 13.2 Å². The van der Waals surface area contributed by atoms with Crippen LogP contribution in [0.5, 0.6) is 0 Å². The predicted octanol–water partition coefficient (Wildman–Crippen LogP) is 2.74. The molecule has 1 aliphatic heterocycles. The first-order valence-corrected chi connectivity index (χ1v) is 8.63. The molecule has 0 unspecified atom stereocenters. The highest BCUT2D eigenvalue weighted by atomic mass is 35.5. The maximum absolute atomic E-state index is 12.2. The summed E-state index contributed by atoms with van der Waals surface area (Å²) in [7, 11) is -2.24. The molecule has 0 aromatic heterocycles. The first-order chi connectivity index (χ1) is 10.9. The van der Waals surface area contributed by atoms with Crippen molar-refractivity contribution in [3.05, 3.63) is 58.6 Å². The highest BCUT2D eigenvalue weighted by Gasteiger charge is 2.26. The van der Waals surface area contributed by atoms with E-state index in [-0.39, 0.29) is 10.8 Å². The number of anilines is 1. The van der Waals surface area contributed by atoms with E-state index in [2.05, 4.69) is 10.0 Å². The second kappa shape index (κ2) is 5.81. The monoisotopic (exact) mass is 348 g/mol. The summed E-state index contributed by atoms with van der Waals surface area (Å²) < 4.78 is 26.1. The van der Waals surface area contributed by atoms with Gasteiger partial charge in [0.25, 0.3) is 5.91 Å². The number of carbonyl (C=O) groups excluding carboxylic acids is 1. The Labute approximate surface area is 139 Å². The summed E-state index contributed by atoms with van der Waals surface area (Å²) in [6, 6.07) is 11.6. The highest BCUT2D eigenvalue weighted by Crippen LogP contribution is 2.34. The van der Waals surface area contributed by atoms with Crippen molar-refractivity contribution in [2.75, 3.05) is 12.4 Å². The topological polar surface area (TPSA) is 75.3 Å². The number of sulfonamides is 1. The molecule has 0 aliphatic carbocycles. The molecule has 1 aliphatic rings. The summed E-state index contributed by atoms with van der Waals surface area (Å²) >= 11 is 5.95. The Balaban J connectivity index is 2.13. The van der Waals surface area contributed by atoms with Crippen LogP contribution in [0.15, 0.2) is 47.4 Å². The Hall–Kier alpha value is -2.15. The van der Waals surface area contributed by atoms with E-state index in [0.717, 1.165) is 5.56 Å². The Kier molecular flexibility index (Phi) is 3.97. The molecule has 23 heavy (non-hydrogen) atoms. The molecule has 2 aromatic rings. The molecule has 2 N–H and O–H groups in total. The molecule has 1 amide bonds. The molecule has 1 heterocycles. The van der Waals surface area contributed by atoms with E-state index in [1.807, 2.05) is 6.07 Å². The zero-order valence-corrected chi connectivity index (χ0v) is 13.7. The number of carbonyl (C=O) groups is 1. The zero-order chi connectivity index (χ0) is 16.6. The van der Waals surface area contributed by atoms with E-state index < -0.39 is 10.0 Å². The maximum Gasteiger partial charge on any atom is 0.256 e. The lowest BCUT2D eigenvalue weighted by molar-refractivity contribution is -0.110. The third-order valence-corrected chi connectivity index (χ3v) is 5.16. The Morgan fingerprint density at radius 1 is 1.17 bits per heavy atom. The predicted molar refractivity (Wildman–Crippen MR) is 90.6 cm³/mol. The van der Waals surface area contributed by atoms with Crippen molar-refractivity contribution in [3.8, 4) is 0 Å². The van der Waals surface area contributed by atoms with Crippen molar-refractivity contribution in [2.24, 2.45) is 0 Å². The van der Waals surface area contributed by atoms with Crippen molar-refractivity contribution in [3.63, 3.8) is 0 Å². The van der Waals surface area contributed by atoms with Gasteiger partial charge in [-0.1, -0.05) is 23.7 Å². The van der Waals surface area contributed by atoms with Crippen LogP contribution >= 0.6 is 11.6 Å². The van der Waals surface area contributed by atoms with E-state index in [1.165, 1.54) is 19.2 Å². The van der Waals surface area contributed by atoms with Gasteiger partial charge in [-0.2, -0.15) is 0 Å². The maximum atomic E-state index is 12.2. The minimum atomic E-state index is -3.58. The molecule has 0 atom stereocenters. The van der Waals surface area contributed by atoms with Gasteiger partial charge >= 0.3 is 0 Å². The quantitative estimate of drug-likeness (QED) is 0.837. The van der Waals surface area contributed by atoms with Crippen LogP contribution in [-0.2, 0) is 14.8 Å². The molecule has 3 rings (SSSR count). The number of fused-ring (bicyclic) bond motifs is 1. The standard InChI is InChI=1S/C16H13ClN2O3S/c1-18-23(21,22)12-5-6-15-13(9-12)14(16(20)19-15)8-10-3-2-4-11(17)7-10/h2-9,18H,1H3,(H,19,20). The molecule has 0 fully saturated rings. The van der Waals surface area contributed by atoms with Gasteiger partial charge in [-0.25, -0.2) is 13.1 Å². The van der Waals surface area contributed by atoms with Gasteiger partial charge in [0.15, 0.2) is 0 Å². The molecule has 0 saturated carbocycles. The van der Waals surface area contributed by atoms with Crippen molar-refractivity contribution in [1.82, 2.24) is 4.72 Å². The average molecular weight is 349 g/mol. The lowest BCUT2D eigenvalue weighted by Crippen LogP contribution is -2.18. The van der Waals surface area contributed by atoms with Crippen LogP contribution in [0.25, 0.3) is 11.6 Å². The summed E-state index contributed by atoms with van der Waals surface area (Å²) in [5, 5.41) is 3.28. The molecule has 2 aromatic carbocycles. The van der Waals surface area contributed by atoms with Gasteiger partial charge in [-0.05, 0) is 49.0 Å². The van der Waals surface area contributed by atoms with Crippen LogP contribution in [-0.4, -0.2) is 21.4 Å². The molecular weight excluding hydrogens is 336 g/mol. The lowest BCUT2D eigenvalue weighted by atomic mass is 10.0. The number of hydrogen-bond donors (Lipinski definition) is 2. The lowest BCUT2D eigenvalue weighted by Gasteiger charge is -2.05. The van der Waals surface area contributed by atoms with Gasteiger partial charge < -0.3 is 5.32 Å². The van der Waals surface area contributed by atoms with Gasteiger partial charge in [0.05, 0.1) is 4.90 Å². The van der Waals surface area contributed by atoms with E-state index in [4.69, 9.17) is 11.6 Å². The minimum Gasteiger partial charge on any atom is -0.321 e. The largest absolute Gasteiger partial charge is 0.321 e. The number of amides is 1. The molecule has 0 spiro atoms. The van der Waals surface area contributed by atoms with Crippen LogP contribution in [0, 0.1) is 0 Å². The molecule has 0 bridgehead atoms. The van der Waals surface area contributed by atoms with E-state index >= 15 is 0 Å². The fraction of sp³-hybridized carbons (Fsp3) is 0.0625. The number of rotatable bonds is 3. The smallest absolute Gasteiger partial charge is 0.256 e. The van der Waals surface area contributed by atoms with Crippen LogP contribution < -0.4 is 10.0 Å². The molecule has 0 saturated heterocycles. The van der Waals surface area contributed by atoms with Gasteiger partial charge in [0.2, 0.25) is 10.0 Å². The SMILES string of the molecule is CNS(=O)(=O)c1ccc2c(c1)C(=Cc1cccc(Cl)c1)C(=O)N2. The molecule has 5 nitrogen and oxygen atoms in total. The summed E-state index contributed by atoms with van der Waals surface area (Å²) in [5.74, 6) is -0.279. The molecule has 0 radical (unpaired) electrons. The number of halogens is 1. The summed E-state index contributed by atoms with van der Waals surface area (Å²) in [4.78, 5) is 12.3. The fourth-order valence-corrected chi connectivity index (χ4v) is 3.31. The minimum absolute atomic E-state index is 0.104. The molecule has 7 heteroatoms. The van der Waals surface area contributed by atoms with Crippen LogP contribution in [0.4, 0.5) is 5.69 Å². The number of hydrogen-bond acceptors (Lipinski definition) is 3. The second-order valence-electron chi connectivity index (χ2n) is 4.98. The number of benzene rings is 2. The first kappa shape index (κ1) is 15.7. The van der Waals surface area contributed by atoms with E-state index in [1.54, 1.807) is 30.3 Å². The van der Waals surface area contributed by atoms with E-state index in [0.29, 0.717) is 21.8 Å². The van der Waals surface area contributed by atoms with Crippen LogP contribution in [0.2, 0.25) is 5.02 Å². The normalized spacial score (nSPS) is 15.6. The third kappa shape index (κ3) is 3.01. The van der Waals surface area contributed by atoms with E-state index in [9.17, 15) is 13.2 Å². The molecular formula is C16H13ClN2O3S. The van der Waals surface area contributed by atoms with Gasteiger partial charge in [-0.3, -0.25) is 4.79 Å². The Morgan fingerprint density at radius 3 is 2.65 bits per heavy atom.